The fraction of sp³-hybridized carbons (Fsp3) is 0.200. The Morgan fingerprint density at radius 3 is 2.09 bits per heavy atom. The zero-order valence-corrected chi connectivity index (χ0v) is 19.7. The van der Waals surface area contributed by atoms with Crippen molar-refractivity contribution in [3.63, 3.8) is 0 Å². The standard InChI is InChI=1S/C20H20Cl2N4O5S/c1-4-17(27)23-16-10-12(32-11-5-7-13(21)14(22)9-11)6-8-15(16)24-18(25-19(28)30-2)26-20(29)31-3/h5-10H,4H2,1-3H3,(H,23,27)(H2,24,25,26,28,29). The third kappa shape index (κ3) is 7.63. The van der Waals surface area contributed by atoms with Crippen LogP contribution in [0.3, 0.4) is 0 Å². The van der Waals surface area contributed by atoms with Gasteiger partial charge in [-0.15, -0.1) is 0 Å². The van der Waals surface area contributed by atoms with Gasteiger partial charge in [-0.25, -0.2) is 14.6 Å². The summed E-state index contributed by atoms with van der Waals surface area (Å²) >= 11 is 13.4. The molecule has 0 saturated carbocycles. The van der Waals surface area contributed by atoms with Crippen LogP contribution in [0.5, 0.6) is 0 Å². The molecule has 0 atom stereocenters. The van der Waals surface area contributed by atoms with Crippen molar-refractivity contribution in [2.24, 2.45) is 4.99 Å². The number of methoxy groups -OCH3 is 2. The van der Waals surface area contributed by atoms with Crippen LogP contribution in [0, 0.1) is 0 Å². The summed E-state index contributed by atoms with van der Waals surface area (Å²) in [6.45, 7) is 1.70. The monoisotopic (exact) mass is 498 g/mol. The van der Waals surface area contributed by atoms with E-state index < -0.39 is 12.2 Å². The van der Waals surface area contributed by atoms with Gasteiger partial charge in [0.2, 0.25) is 11.9 Å². The van der Waals surface area contributed by atoms with Crippen molar-refractivity contribution in [1.29, 1.82) is 0 Å². The molecule has 32 heavy (non-hydrogen) atoms. The van der Waals surface area contributed by atoms with Crippen LogP contribution < -0.4 is 16.0 Å². The van der Waals surface area contributed by atoms with E-state index in [1.54, 1.807) is 37.3 Å². The number of carbonyl (C=O) groups is 3. The lowest BCUT2D eigenvalue weighted by Gasteiger charge is -2.13. The number of halogens is 2. The number of amides is 3. The van der Waals surface area contributed by atoms with Crippen molar-refractivity contribution in [2.45, 2.75) is 23.1 Å². The molecule has 0 aromatic heterocycles. The van der Waals surface area contributed by atoms with Gasteiger partial charge in [0.05, 0.1) is 35.6 Å². The number of rotatable bonds is 5. The Morgan fingerprint density at radius 1 is 0.938 bits per heavy atom. The third-order valence-corrected chi connectivity index (χ3v) is 5.45. The number of nitrogens with zero attached hydrogens (tertiary/aromatic N) is 1. The third-order valence-electron chi connectivity index (χ3n) is 3.73. The van der Waals surface area contributed by atoms with Crippen molar-refractivity contribution in [2.75, 3.05) is 19.5 Å². The van der Waals surface area contributed by atoms with E-state index in [1.165, 1.54) is 11.8 Å². The molecule has 3 N–H and O–H groups in total. The first kappa shape index (κ1) is 25.3. The number of nitrogens with one attached hydrogen (secondary N) is 3. The largest absolute Gasteiger partial charge is 0.453 e. The van der Waals surface area contributed by atoms with Gasteiger partial charge in [0.15, 0.2) is 0 Å². The Balaban J connectivity index is 2.43. The van der Waals surface area contributed by atoms with Gasteiger partial charge in [-0.05, 0) is 36.4 Å². The predicted molar refractivity (Wildman–Crippen MR) is 124 cm³/mol. The highest BCUT2D eigenvalue weighted by atomic mass is 35.5. The summed E-state index contributed by atoms with van der Waals surface area (Å²) in [6, 6.07) is 10.3. The van der Waals surface area contributed by atoms with Crippen LogP contribution in [-0.4, -0.2) is 38.3 Å². The highest BCUT2D eigenvalue weighted by molar-refractivity contribution is 7.99. The Kier molecular flexibility index (Phi) is 9.63. The summed E-state index contributed by atoms with van der Waals surface area (Å²) in [5.41, 5.74) is 0.630. The molecule has 0 saturated heterocycles. The first-order chi connectivity index (χ1) is 15.2. The first-order valence-electron chi connectivity index (χ1n) is 9.11. The molecule has 9 nitrogen and oxygen atoms in total. The summed E-state index contributed by atoms with van der Waals surface area (Å²) in [7, 11) is 2.32. The van der Waals surface area contributed by atoms with Crippen LogP contribution in [0.4, 0.5) is 21.0 Å². The van der Waals surface area contributed by atoms with E-state index in [0.29, 0.717) is 15.7 Å². The van der Waals surface area contributed by atoms with Crippen LogP contribution in [0.2, 0.25) is 10.0 Å². The summed E-state index contributed by atoms with van der Waals surface area (Å²) in [5, 5.41) is 8.16. The molecule has 0 bridgehead atoms. The van der Waals surface area contributed by atoms with Crippen LogP contribution in [0.15, 0.2) is 51.2 Å². The summed E-state index contributed by atoms with van der Waals surface area (Å²) in [4.78, 5) is 41.1. The van der Waals surface area contributed by atoms with Gasteiger partial charge >= 0.3 is 12.2 Å². The summed E-state index contributed by atoms with van der Waals surface area (Å²) in [6.07, 6.45) is -1.47. The number of carbonyl (C=O) groups excluding carboxylic acids is 3. The maximum atomic E-state index is 12.0. The fourth-order valence-corrected chi connectivity index (χ4v) is 3.45. The molecule has 0 radical (unpaired) electrons. The zero-order chi connectivity index (χ0) is 23.7. The van der Waals surface area contributed by atoms with Gasteiger partial charge in [-0.2, -0.15) is 0 Å². The second kappa shape index (κ2) is 12.2. The van der Waals surface area contributed by atoms with Crippen molar-refractivity contribution in [1.82, 2.24) is 10.6 Å². The topological polar surface area (TPSA) is 118 Å². The van der Waals surface area contributed by atoms with Crippen LogP contribution in [0.1, 0.15) is 13.3 Å². The smallest absolute Gasteiger partial charge is 0.413 e. The molecular weight excluding hydrogens is 479 g/mol. The molecule has 3 amide bonds. The van der Waals surface area contributed by atoms with Gasteiger partial charge in [0.1, 0.15) is 0 Å². The number of anilines is 1. The van der Waals surface area contributed by atoms with Crippen LogP contribution >= 0.6 is 35.0 Å². The SMILES string of the molecule is CCC(=O)Nc1cc(Sc2ccc(Cl)c(Cl)c2)ccc1N=C(NC(=O)OC)NC(=O)OC. The lowest BCUT2D eigenvalue weighted by molar-refractivity contribution is -0.115. The molecule has 2 aromatic rings. The van der Waals surface area contributed by atoms with Crippen molar-refractivity contribution in [3.05, 3.63) is 46.4 Å². The van der Waals surface area contributed by atoms with Crippen molar-refractivity contribution < 1.29 is 23.9 Å². The Hall–Kier alpha value is -2.95. The maximum Gasteiger partial charge on any atom is 0.413 e. The molecule has 0 heterocycles. The Labute approximate surface area is 198 Å². The summed E-state index contributed by atoms with van der Waals surface area (Å²) in [5.74, 6) is -0.498. The Morgan fingerprint density at radius 2 is 1.53 bits per heavy atom. The minimum Gasteiger partial charge on any atom is -0.453 e. The average Bonchev–Trinajstić information content (AvgIpc) is 2.77. The minimum absolute atomic E-state index is 0.237. The van der Waals surface area contributed by atoms with Gasteiger partial charge in [0.25, 0.3) is 0 Å². The molecule has 0 aliphatic carbocycles. The molecule has 0 aliphatic rings. The second-order valence-corrected chi connectivity index (χ2v) is 7.91. The van der Waals surface area contributed by atoms with E-state index in [2.05, 4.69) is 30.4 Å². The summed E-state index contributed by atoms with van der Waals surface area (Å²) < 4.78 is 9.07. The van der Waals surface area contributed by atoms with Gasteiger partial charge < -0.3 is 14.8 Å². The number of ether oxygens (including phenoxy) is 2. The van der Waals surface area contributed by atoms with E-state index in [4.69, 9.17) is 23.2 Å². The van der Waals surface area contributed by atoms with E-state index in [-0.39, 0.29) is 24.0 Å². The van der Waals surface area contributed by atoms with Gasteiger partial charge in [-0.1, -0.05) is 41.9 Å². The number of aliphatic imine (C=N–C) groups is 1. The molecule has 0 unspecified atom stereocenters. The molecule has 12 heteroatoms. The van der Waals surface area contributed by atoms with E-state index in [0.717, 1.165) is 24.0 Å². The second-order valence-electron chi connectivity index (χ2n) is 5.95. The molecule has 0 spiro atoms. The maximum absolute atomic E-state index is 12.0. The van der Waals surface area contributed by atoms with Crippen molar-refractivity contribution >= 4 is 70.4 Å². The van der Waals surface area contributed by atoms with Crippen LogP contribution in [0.25, 0.3) is 0 Å². The number of guanidine groups is 1. The lowest BCUT2D eigenvalue weighted by Crippen LogP contribution is -2.43. The number of hydrogen-bond donors (Lipinski definition) is 3. The molecule has 170 valence electrons. The van der Waals surface area contributed by atoms with E-state index in [1.807, 2.05) is 6.07 Å². The molecule has 0 aliphatic heterocycles. The van der Waals surface area contributed by atoms with E-state index in [9.17, 15) is 14.4 Å². The highest BCUT2D eigenvalue weighted by Crippen LogP contribution is 2.36. The zero-order valence-electron chi connectivity index (χ0n) is 17.3. The normalized spacial score (nSPS) is 10.0. The molecular formula is C20H20Cl2N4O5S. The minimum atomic E-state index is -0.855. The Bertz CT molecular complexity index is 1030. The quantitative estimate of drug-likeness (QED) is 0.385. The highest BCUT2D eigenvalue weighted by Gasteiger charge is 2.14. The first-order valence-corrected chi connectivity index (χ1v) is 10.7. The molecule has 0 fully saturated rings. The van der Waals surface area contributed by atoms with Crippen molar-refractivity contribution in [3.8, 4) is 0 Å². The van der Waals surface area contributed by atoms with Gasteiger partial charge in [-0.3, -0.25) is 15.4 Å². The van der Waals surface area contributed by atoms with Gasteiger partial charge in [0, 0.05) is 16.2 Å². The van der Waals surface area contributed by atoms with E-state index >= 15 is 0 Å². The average molecular weight is 499 g/mol. The molecule has 2 rings (SSSR count). The number of alkyl carbamates (subject to hydrolysis) is 2. The fourth-order valence-electron chi connectivity index (χ4n) is 2.19. The molecule has 2 aromatic carbocycles. The number of benzene rings is 2. The van der Waals surface area contributed by atoms with Crippen LogP contribution in [-0.2, 0) is 14.3 Å². The number of hydrogen-bond acceptors (Lipinski definition) is 7. The lowest BCUT2D eigenvalue weighted by atomic mass is 10.2. The predicted octanol–water partition coefficient (Wildman–Crippen LogP) is 5.19.